The Morgan fingerprint density at radius 2 is 1.91 bits per heavy atom. The summed E-state index contributed by atoms with van der Waals surface area (Å²) in [5, 5.41) is 0. The lowest BCUT2D eigenvalue weighted by molar-refractivity contribution is 0.0762. The summed E-state index contributed by atoms with van der Waals surface area (Å²) in [7, 11) is 0. The maximum Gasteiger partial charge on any atom is 0.254 e. The molecule has 0 atom stereocenters. The number of aromatic nitrogens is 2. The molecule has 1 aromatic carbocycles. The highest BCUT2D eigenvalue weighted by molar-refractivity contribution is 5.94. The van der Waals surface area contributed by atoms with Gasteiger partial charge in [-0.05, 0) is 49.9 Å². The molecule has 7 nitrogen and oxygen atoms in total. The molecular formula is C25H33N5O2. The Hall–Kier alpha value is -2.67. The van der Waals surface area contributed by atoms with E-state index in [2.05, 4.69) is 9.80 Å². The zero-order valence-electron chi connectivity index (χ0n) is 19.0. The monoisotopic (exact) mass is 435 g/mol. The molecule has 3 heterocycles. The van der Waals surface area contributed by atoms with Crippen molar-refractivity contribution in [2.45, 2.75) is 45.1 Å². The number of hydrogen-bond acceptors (Lipinski definition) is 6. The van der Waals surface area contributed by atoms with Crippen LogP contribution in [0.2, 0.25) is 0 Å². The SMILES string of the molecule is CCOc1cccc(C(=O)N2CCc3cnc(N4CCN(C5CCC5)CC4)nc3CC2)c1. The van der Waals surface area contributed by atoms with E-state index in [1.165, 1.54) is 24.8 Å². The van der Waals surface area contributed by atoms with Crippen LogP contribution in [0.25, 0.3) is 0 Å². The summed E-state index contributed by atoms with van der Waals surface area (Å²) in [6.45, 7) is 8.11. The van der Waals surface area contributed by atoms with E-state index in [9.17, 15) is 4.79 Å². The van der Waals surface area contributed by atoms with Crippen LogP contribution in [0.5, 0.6) is 5.75 Å². The van der Waals surface area contributed by atoms with E-state index in [-0.39, 0.29) is 5.91 Å². The van der Waals surface area contributed by atoms with E-state index in [1.54, 1.807) is 0 Å². The Morgan fingerprint density at radius 3 is 2.66 bits per heavy atom. The topological polar surface area (TPSA) is 61.8 Å². The van der Waals surface area contributed by atoms with Gasteiger partial charge in [0.25, 0.3) is 5.91 Å². The molecule has 1 aliphatic carbocycles. The summed E-state index contributed by atoms with van der Waals surface area (Å²) in [4.78, 5) is 29.6. The smallest absolute Gasteiger partial charge is 0.254 e. The minimum absolute atomic E-state index is 0.0552. The van der Waals surface area contributed by atoms with Gasteiger partial charge in [-0.2, -0.15) is 0 Å². The quantitative estimate of drug-likeness (QED) is 0.720. The van der Waals surface area contributed by atoms with Crippen molar-refractivity contribution in [2.75, 3.05) is 50.8 Å². The Kier molecular flexibility index (Phi) is 6.26. The predicted octanol–water partition coefficient (Wildman–Crippen LogP) is 2.79. The molecule has 2 aliphatic heterocycles. The van der Waals surface area contributed by atoms with Crippen molar-refractivity contribution in [3.8, 4) is 5.75 Å². The highest BCUT2D eigenvalue weighted by atomic mass is 16.5. The van der Waals surface area contributed by atoms with E-state index in [1.807, 2.05) is 42.3 Å². The van der Waals surface area contributed by atoms with Crippen molar-refractivity contribution in [1.82, 2.24) is 19.8 Å². The fourth-order valence-electron chi connectivity index (χ4n) is 4.93. The summed E-state index contributed by atoms with van der Waals surface area (Å²) in [5.74, 6) is 1.64. The van der Waals surface area contributed by atoms with Gasteiger partial charge in [0.05, 0.1) is 12.3 Å². The number of benzene rings is 1. The van der Waals surface area contributed by atoms with Crippen molar-refractivity contribution in [1.29, 1.82) is 0 Å². The number of piperazine rings is 1. The Balaban J connectivity index is 1.22. The van der Waals surface area contributed by atoms with Gasteiger partial charge in [-0.15, -0.1) is 0 Å². The maximum atomic E-state index is 13.1. The van der Waals surface area contributed by atoms with Crippen LogP contribution >= 0.6 is 0 Å². The number of hydrogen-bond donors (Lipinski definition) is 0. The number of carbonyl (C=O) groups is 1. The number of amides is 1. The number of rotatable bonds is 5. The highest BCUT2D eigenvalue weighted by Crippen LogP contribution is 2.26. The largest absolute Gasteiger partial charge is 0.494 e. The summed E-state index contributed by atoms with van der Waals surface area (Å²) in [5.41, 5.74) is 2.94. The van der Waals surface area contributed by atoms with Crippen molar-refractivity contribution in [3.05, 3.63) is 47.3 Å². The number of anilines is 1. The lowest BCUT2D eigenvalue weighted by Crippen LogP contribution is -2.52. The number of ether oxygens (including phenoxy) is 1. The van der Waals surface area contributed by atoms with Crippen LogP contribution in [0.4, 0.5) is 5.95 Å². The third-order valence-corrected chi connectivity index (χ3v) is 7.08. The molecular weight excluding hydrogens is 402 g/mol. The van der Waals surface area contributed by atoms with Crippen LogP contribution in [-0.2, 0) is 12.8 Å². The van der Waals surface area contributed by atoms with Gasteiger partial charge >= 0.3 is 0 Å². The molecule has 0 N–H and O–H groups in total. The molecule has 0 unspecified atom stereocenters. The minimum Gasteiger partial charge on any atom is -0.494 e. The van der Waals surface area contributed by atoms with E-state index >= 15 is 0 Å². The summed E-state index contributed by atoms with van der Waals surface area (Å²) in [6.07, 6.45) is 7.66. The normalized spacial score (nSPS) is 19.8. The fraction of sp³-hybridized carbons (Fsp3) is 0.560. The summed E-state index contributed by atoms with van der Waals surface area (Å²) >= 11 is 0. The molecule has 0 radical (unpaired) electrons. The van der Waals surface area contributed by atoms with E-state index in [0.29, 0.717) is 25.3 Å². The van der Waals surface area contributed by atoms with E-state index in [0.717, 1.165) is 62.5 Å². The van der Waals surface area contributed by atoms with Crippen LogP contribution < -0.4 is 9.64 Å². The Labute approximate surface area is 190 Å². The van der Waals surface area contributed by atoms with Crippen molar-refractivity contribution < 1.29 is 9.53 Å². The number of carbonyl (C=O) groups excluding carboxylic acids is 1. The highest BCUT2D eigenvalue weighted by Gasteiger charge is 2.29. The second kappa shape index (κ2) is 9.45. The lowest BCUT2D eigenvalue weighted by atomic mass is 9.91. The van der Waals surface area contributed by atoms with E-state index in [4.69, 9.17) is 14.7 Å². The first-order chi connectivity index (χ1) is 15.7. The van der Waals surface area contributed by atoms with Crippen molar-refractivity contribution in [2.24, 2.45) is 0 Å². The maximum absolute atomic E-state index is 13.1. The molecule has 1 aromatic heterocycles. The predicted molar refractivity (Wildman–Crippen MR) is 124 cm³/mol. The van der Waals surface area contributed by atoms with Gasteiger partial charge in [0.15, 0.2) is 0 Å². The number of nitrogens with zero attached hydrogens (tertiary/aromatic N) is 5. The van der Waals surface area contributed by atoms with Crippen LogP contribution in [0.3, 0.4) is 0 Å². The zero-order valence-corrected chi connectivity index (χ0v) is 19.0. The minimum atomic E-state index is 0.0552. The molecule has 3 aliphatic rings. The molecule has 32 heavy (non-hydrogen) atoms. The van der Waals surface area contributed by atoms with Gasteiger partial charge in [-0.3, -0.25) is 9.69 Å². The molecule has 2 fully saturated rings. The standard InChI is InChI=1S/C25H33N5O2/c1-2-32-22-8-3-5-19(17-22)24(31)29-11-9-20-18-26-25(27-23(20)10-12-29)30-15-13-28(14-16-30)21-6-4-7-21/h3,5,8,17-18,21H,2,4,6-7,9-16H2,1H3. The molecule has 0 spiro atoms. The second-order valence-electron chi connectivity index (χ2n) is 9.00. The molecule has 1 saturated carbocycles. The second-order valence-corrected chi connectivity index (χ2v) is 9.00. The molecule has 2 aromatic rings. The Morgan fingerprint density at radius 1 is 1.09 bits per heavy atom. The van der Waals surface area contributed by atoms with Gasteiger partial charge in [0.2, 0.25) is 5.95 Å². The van der Waals surface area contributed by atoms with Crippen LogP contribution in [0.1, 0.15) is 47.8 Å². The van der Waals surface area contributed by atoms with Gasteiger partial charge in [0, 0.05) is 63.5 Å². The number of fused-ring (bicyclic) bond motifs is 1. The Bertz CT molecular complexity index is 953. The van der Waals surface area contributed by atoms with Crippen LogP contribution in [0, 0.1) is 0 Å². The van der Waals surface area contributed by atoms with Crippen molar-refractivity contribution in [3.63, 3.8) is 0 Å². The zero-order chi connectivity index (χ0) is 21.9. The van der Waals surface area contributed by atoms with Crippen LogP contribution in [0.15, 0.2) is 30.5 Å². The van der Waals surface area contributed by atoms with Gasteiger partial charge < -0.3 is 14.5 Å². The first kappa shape index (κ1) is 21.2. The fourth-order valence-corrected chi connectivity index (χ4v) is 4.93. The molecule has 1 saturated heterocycles. The first-order valence-electron chi connectivity index (χ1n) is 12.1. The third-order valence-electron chi connectivity index (χ3n) is 7.08. The third kappa shape index (κ3) is 4.44. The van der Waals surface area contributed by atoms with Gasteiger partial charge in [-0.25, -0.2) is 9.97 Å². The lowest BCUT2D eigenvalue weighted by Gasteiger charge is -2.43. The molecule has 7 heteroatoms. The molecule has 170 valence electrons. The average molecular weight is 436 g/mol. The van der Waals surface area contributed by atoms with Crippen LogP contribution in [-0.4, -0.2) is 77.6 Å². The van der Waals surface area contributed by atoms with Gasteiger partial charge in [0.1, 0.15) is 5.75 Å². The molecule has 0 bridgehead atoms. The van der Waals surface area contributed by atoms with E-state index < -0.39 is 0 Å². The van der Waals surface area contributed by atoms with Crippen molar-refractivity contribution >= 4 is 11.9 Å². The first-order valence-corrected chi connectivity index (χ1v) is 12.1. The van der Waals surface area contributed by atoms with Gasteiger partial charge in [-0.1, -0.05) is 12.5 Å². The summed E-state index contributed by atoms with van der Waals surface area (Å²) in [6, 6.07) is 8.28. The average Bonchev–Trinajstić information content (AvgIpc) is 3.01. The molecule has 5 rings (SSSR count). The summed E-state index contributed by atoms with van der Waals surface area (Å²) < 4.78 is 5.56. The molecule has 1 amide bonds.